The van der Waals surface area contributed by atoms with Crippen LogP contribution in [0, 0.1) is 47.4 Å². The second-order valence-corrected chi connectivity index (χ2v) is 4.83. The van der Waals surface area contributed by atoms with Crippen molar-refractivity contribution in [2.45, 2.75) is 6.92 Å². The van der Waals surface area contributed by atoms with Gasteiger partial charge < -0.3 is 10.2 Å². The Kier molecular flexibility index (Phi) is 6.24. The van der Waals surface area contributed by atoms with Gasteiger partial charge >= 0.3 is 11.4 Å². The molecule has 0 heterocycles. The van der Waals surface area contributed by atoms with E-state index < -0.39 is 48.3 Å². The van der Waals surface area contributed by atoms with Crippen molar-refractivity contribution in [3.63, 3.8) is 0 Å². The summed E-state index contributed by atoms with van der Waals surface area (Å²) >= 11 is 0. The van der Waals surface area contributed by atoms with E-state index in [-0.39, 0.29) is 11.3 Å². The molecule has 0 spiro atoms. The van der Waals surface area contributed by atoms with E-state index in [1.54, 1.807) is 0 Å². The van der Waals surface area contributed by atoms with Crippen molar-refractivity contribution in [2.24, 2.45) is 0 Å². The third-order valence-corrected chi connectivity index (χ3v) is 3.04. The Morgan fingerprint density at radius 3 is 1.63 bits per heavy atom. The third-order valence-electron chi connectivity index (χ3n) is 3.04. The number of nitro groups is 4. The maximum absolute atomic E-state index is 10.4. The summed E-state index contributed by atoms with van der Waals surface area (Å²) in [5, 5.41) is 59.2. The first kappa shape index (κ1) is 20.7. The van der Waals surface area contributed by atoms with Crippen molar-refractivity contribution in [1.29, 1.82) is 0 Å². The summed E-state index contributed by atoms with van der Waals surface area (Å²) in [6, 6.07) is 4.37. The summed E-state index contributed by atoms with van der Waals surface area (Å²) in [7, 11) is 0. The van der Waals surface area contributed by atoms with Gasteiger partial charge in [-0.2, -0.15) is 0 Å². The Labute approximate surface area is 148 Å². The van der Waals surface area contributed by atoms with Crippen LogP contribution in [-0.2, 0) is 0 Å². The average molecular weight is 382 g/mol. The predicted molar refractivity (Wildman–Crippen MR) is 87.6 cm³/mol. The molecule has 0 bridgehead atoms. The Bertz CT molecular complexity index is 943. The molecule has 0 saturated carbocycles. The number of hydrogen-bond donors (Lipinski definition) is 2. The molecular formula is C13H10N4O10. The number of benzene rings is 2. The molecule has 0 aromatic heterocycles. The first-order valence-corrected chi connectivity index (χ1v) is 6.69. The van der Waals surface area contributed by atoms with Crippen LogP contribution in [0.25, 0.3) is 0 Å². The molecule has 0 unspecified atom stereocenters. The van der Waals surface area contributed by atoms with Crippen molar-refractivity contribution >= 4 is 22.7 Å². The number of phenols is 2. The van der Waals surface area contributed by atoms with Gasteiger partial charge in [0.1, 0.15) is 0 Å². The van der Waals surface area contributed by atoms with Gasteiger partial charge in [-0.25, -0.2) is 0 Å². The first-order valence-electron chi connectivity index (χ1n) is 6.69. The fourth-order valence-electron chi connectivity index (χ4n) is 1.77. The third kappa shape index (κ3) is 5.05. The Morgan fingerprint density at radius 1 is 0.704 bits per heavy atom. The van der Waals surface area contributed by atoms with Gasteiger partial charge in [0, 0.05) is 23.8 Å². The summed E-state index contributed by atoms with van der Waals surface area (Å²) in [6.07, 6.45) is 0. The van der Waals surface area contributed by atoms with Crippen LogP contribution in [0.1, 0.15) is 5.56 Å². The molecule has 2 N–H and O–H groups in total. The van der Waals surface area contributed by atoms with Gasteiger partial charge in [-0.1, -0.05) is 0 Å². The molecule has 0 radical (unpaired) electrons. The van der Waals surface area contributed by atoms with Crippen molar-refractivity contribution in [3.05, 3.63) is 76.4 Å². The standard InChI is InChI=1S/C7H6N2O5.C6H4N2O5/c1-4-2-5(8(11)12)3-6(7(4)10)9(13)14;9-6-3-4(7(10)11)1-2-5(6)8(12)13/h2-3,10H,1H3;1-3,9H. The van der Waals surface area contributed by atoms with Crippen molar-refractivity contribution in [1.82, 2.24) is 0 Å². The van der Waals surface area contributed by atoms with Crippen molar-refractivity contribution in [2.75, 3.05) is 0 Å². The summed E-state index contributed by atoms with van der Waals surface area (Å²) in [4.78, 5) is 37.9. The number of hydrogen-bond acceptors (Lipinski definition) is 10. The molecule has 0 fully saturated rings. The molecule has 2 rings (SSSR count). The van der Waals surface area contributed by atoms with E-state index in [0.29, 0.717) is 0 Å². The number of aromatic hydroxyl groups is 2. The summed E-state index contributed by atoms with van der Waals surface area (Å²) in [5.41, 5.74) is -1.90. The van der Waals surface area contributed by atoms with E-state index in [2.05, 4.69) is 0 Å². The highest BCUT2D eigenvalue weighted by atomic mass is 16.6. The molecule has 14 heteroatoms. The summed E-state index contributed by atoms with van der Waals surface area (Å²) in [6.45, 7) is 1.36. The lowest BCUT2D eigenvalue weighted by molar-refractivity contribution is -0.394. The van der Waals surface area contributed by atoms with E-state index in [1.165, 1.54) is 6.92 Å². The van der Waals surface area contributed by atoms with E-state index in [4.69, 9.17) is 5.11 Å². The number of nitrogens with zero attached hydrogens (tertiary/aromatic N) is 4. The van der Waals surface area contributed by atoms with Crippen LogP contribution in [0.2, 0.25) is 0 Å². The highest BCUT2D eigenvalue weighted by Crippen LogP contribution is 2.33. The Hall–Kier alpha value is -4.36. The van der Waals surface area contributed by atoms with E-state index >= 15 is 0 Å². The number of aryl methyl sites for hydroxylation is 1. The largest absolute Gasteiger partial charge is 0.502 e. The zero-order valence-electron chi connectivity index (χ0n) is 13.3. The Morgan fingerprint density at radius 2 is 1.22 bits per heavy atom. The van der Waals surface area contributed by atoms with Crippen LogP contribution in [0.3, 0.4) is 0 Å². The maximum Gasteiger partial charge on any atom is 0.317 e. The second kappa shape index (κ2) is 8.15. The van der Waals surface area contributed by atoms with Gasteiger partial charge in [0.25, 0.3) is 11.4 Å². The first-order chi connectivity index (χ1) is 12.5. The van der Waals surface area contributed by atoms with Gasteiger partial charge in [0.15, 0.2) is 5.75 Å². The molecule has 0 saturated heterocycles. The lowest BCUT2D eigenvalue weighted by atomic mass is 10.1. The van der Waals surface area contributed by atoms with Crippen molar-refractivity contribution in [3.8, 4) is 11.5 Å². The highest BCUT2D eigenvalue weighted by Gasteiger charge is 2.21. The molecule has 0 atom stereocenters. The van der Waals surface area contributed by atoms with Crippen LogP contribution in [-0.4, -0.2) is 29.9 Å². The quantitative estimate of drug-likeness (QED) is 0.582. The van der Waals surface area contributed by atoms with E-state index in [9.17, 15) is 45.6 Å². The predicted octanol–water partition coefficient (Wildman–Crippen LogP) is 2.73. The molecule has 0 amide bonds. The minimum atomic E-state index is -0.866. The van der Waals surface area contributed by atoms with Crippen LogP contribution in [0.4, 0.5) is 22.7 Å². The van der Waals surface area contributed by atoms with Crippen LogP contribution in [0.5, 0.6) is 11.5 Å². The number of non-ortho nitro benzene ring substituents is 2. The zero-order chi connectivity index (χ0) is 20.9. The lowest BCUT2D eigenvalue weighted by Crippen LogP contribution is -1.94. The number of nitro benzene ring substituents is 4. The highest BCUT2D eigenvalue weighted by molar-refractivity contribution is 5.57. The fourth-order valence-corrected chi connectivity index (χ4v) is 1.77. The van der Waals surface area contributed by atoms with Gasteiger partial charge in [-0.3, -0.25) is 40.5 Å². The normalized spacial score (nSPS) is 9.67. The second-order valence-electron chi connectivity index (χ2n) is 4.83. The maximum atomic E-state index is 10.4. The number of rotatable bonds is 4. The molecule has 27 heavy (non-hydrogen) atoms. The van der Waals surface area contributed by atoms with Gasteiger partial charge in [0.2, 0.25) is 5.75 Å². The van der Waals surface area contributed by atoms with Gasteiger partial charge in [-0.15, -0.1) is 0 Å². The molecule has 0 aliphatic heterocycles. The zero-order valence-corrected chi connectivity index (χ0v) is 13.3. The fraction of sp³-hybridized carbons (Fsp3) is 0.0769. The molecule has 0 aliphatic carbocycles. The molecular weight excluding hydrogens is 372 g/mol. The van der Waals surface area contributed by atoms with Gasteiger partial charge in [-0.05, 0) is 6.92 Å². The Balaban J connectivity index is 0.000000271. The topological polar surface area (TPSA) is 213 Å². The molecule has 0 aliphatic rings. The minimum absolute atomic E-state index is 0.103. The lowest BCUT2D eigenvalue weighted by Gasteiger charge is -1.99. The average Bonchev–Trinajstić information content (AvgIpc) is 2.56. The minimum Gasteiger partial charge on any atom is -0.502 e. The summed E-state index contributed by atoms with van der Waals surface area (Å²) in [5.74, 6) is -1.25. The SMILES string of the molecule is Cc1cc([N+](=O)[O-])cc([N+](=O)[O-])c1O.O=[N+]([O-])c1ccc([N+](=O)[O-])c(O)c1. The molecule has 2 aromatic rings. The monoisotopic (exact) mass is 382 g/mol. The molecule has 142 valence electrons. The molecule has 2 aromatic carbocycles. The summed E-state index contributed by atoms with van der Waals surface area (Å²) < 4.78 is 0. The van der Waals surface area contributed by atoms with Crippen LogP contribution in [0.15, 0.2) is 30.3 Å². The van der Waals surface area contributed by atoms with E-state index in [1.807, 2.05) is 0 Å². The van der Waals surface area contributed by atoms with Crippen LogP contribution < -0.4 is 0 Å². The van der Waals surface area contributed by atoms with Crippen LogP contribution >= 0.6 is 0 Å². The molecule has 14 nitrogen and oxygen atoms in total. The number of phenolic OH excluding ortho intramolecular Hbond substituents is 2. The van der Waals surface area contributed by atoms with Crippen molar-refractivity contribution < 1.29 is 29.9 Å². The smallest absolute Gasteiger partial charge is 0.317 e. The van der Waals surface area contributed by atoms with Gasteiger partial charge in [0.05, 0.1) is 31.8 Å². The van der Waals surface area contributed by atoms with E-state index in [0.717, 1.165) is 30.3 Å².